The summed E-state index contributed by atoms with van der Waals surface area (Å²) in [4.78, 5) is 0.194. The number of allylic oxidation sites excluding steroid dienone is 2. The van der Waals surface area contributed by atoms with Crippen LogP contribution in [-0.4, -0.2) is 8.42 Å². The highest BCUT2D eigenvalue weighted by molar-refractivity contribution is 7.89. The molecule has 0 spiro atoms. The molecular weight excluding hydrogens is 210 g/mol. The van der Waals surface area contributed by atoms with Crippen molar-refractivity contribution >= 4 is 15.6 Å². The third-order valence-corrected chi connectivity index (χ3v) is 3.24. The molecule has 0 unspecified atom stereocenters. The highest BCUT2D eigenvalue weighted by Gasteiger charge is 2.14. The van der Waals surface area contributed by atoms with Crippen molar-refractivity contribution in [3.63, 3.8) is 0 Å². The van der Waals surface area contributed by atoms with Gasteiger partial charge in [-0.2, -0.15) is 0 Å². The van der Waals surface area contributed by atoms with Gasteiger partial charge in [0.25, 0.3) is 0 Å². The molecule has 0 amide bonds. The molecule has 0 fully saturated rings. The molecule has 0 heterocycles. The van der Waals surface area contributed by atoms with Crippen LogP contribution in [0, 0.1) is 0 Å². The molecular formula is C11H15NO2S. The molecule has 0 aliphatic rings. The Bertz CT molecular complexity index is 475. The van der Waals surface area contributed by atoms with E-state index in [0.29, 0.717) is 5.56 Å². The van der Waals surface area contributed by atoms with Crippen molar-refractivity contribution < 1.29 is 8.42 Å². The Morgan fingerprint density at radius 3 is 2.47 bits per heavy atom. The van der Waals surface area contributed by atoms with Gasteiger partial charge in [-0.1, -0.05) is 31.2 Å². The summed E-state index contributed by atoms with van der Waals surface area (Å²) in [6.07, 6.45) is 2.69. The third kappa shape index (κ3) is 2.67. The van der Waals surface area contributed by atoms with Gasteiger partial charge in [0.1, 0.15) is 0 Å². The van der Waals surface area contributed by atoms with Crippen molar-refractivity contribution in [2.75, 3.05) is 0 Å². The molecule has 0 atom stereocenters. The number of benzene rings is 1. The summed E-state index contributed by atoms with van der Waals surface area (Å²) in [5, 5.41) is 5.15. The molecule has 0 bridgehead atoms. The fraction of sp³-hybridized carbons (Fsp3) is 0.273. The van der Waals surface area contributed by atoms with Crippen molar-refractivity contribution in [3.05, 3.63) is 35.9 Å². The number of hydrogen-bond acceptors (Lipinski definition) is 2. The summed E-state index contributed by atoms with van der Waals surface area (Å²) >= 11 is 0. The van der Waals surface area contributed by atoms with E-state index < -0.39 is 10.0 Å². The van der Waals surface area contributed by atoms with Crippen molar-refractivity contribution in [1.82, 2.24) is 0 Å². The molecule has 82 valence electrons. The minimum atomic E-state index is -3.64. The second-order valence-electron chi connectivity index (χ2n) is 3.21. The van der Waals surface area contributed by atoms with Gasteiger partial charge >= 0.3 is 0 Å². The lowest BCUT2D eigenvalue weighted by atomic mass is 10.0. The maximum Gasteiger partial charge on any atom is 0.238 e. The van der Waals surface area contributed by atoms with Crippen LogP contribution in [0.5, 0.6) is 0 Å². The summed E-state index contributed by atoms with van der Waals surface area (Å²) in [7, 11) is -3.64. The van der Waals surface area contributed by atoms with Gasteiger partial charge in [0.2, 0.25) is 10.0 Å². The quantitative estimate of drug-likeness (QED) is 0.856. The second-order valence-corrected chi connectivity index (χ2v) is 4.74. The van der Waals surface area contributed by atoms with Crippen molar-refractivity contribution in [2.24, 2.45) is 5.14 Å². The molecule has 1 aromatic rings. The molecule has 0 saturated carbocycles. The highest BCUT2D eigenvalue weighted by atomic mass is 32.2. The zero-order valence-electron chi connectivity index (χ0n) is 8.90. The van der Waals surface area contributed by atoms with E-state index in [-0.39, 0.29) is 4.90 Å². The average Bonchev–Trinajstić information content (AvgIpc) is 2.19. The lowest BCUT2D eigenvalue weighted by Gasteiger charge is -2.09. The zero-order valence-corrected chi connectivity index (χ0v) is 9.71. The summed E-state index contributed by atoms with van der Waals surface area (Å²) in [6.45, 7) is 3.87. The lowest BCUT2D eigenvalue weighted by molar-refractivity contribution is 0.597. The first-order valence-electron chi connectivity index (χ1n) is 4.78. The van der Waals surface area contributed by atoms with Crippen molar-refractivity contribution in [1.29, 1.82) is 0 Å². The minimum absolute atomic E-state index is 0.194. The molecule has 0 aliphatic carbocycles. The Morgan fingerprint density at radius 1 is 1.40 bits per heavy atom. The first-order valence-corrected chi connectivity index (χ1v) is 6.32. The fourth-order valence-corrected chi connectivity index (χ4v) is 2.30. The van der Waals surface area contributed by atoms with Crippen LogP contribution in [-0.2, 0) is 10.0 Å². The monoisotopic (exact) mass is 225 g/mol. The van der Waals surface area contributed by atoms with Crippen molar-refractivity contribution in [3.8, 4) is 0 Å². The number of hydrogen-bond donors (Lipinski definition) is 1. The van der Waals surface area contributed by atoms with Crippen LogP contribution in [0.3, 0.4) is 0 Å². The molecule has 0 aromatic heterocycles. The maximum absolute atomic E-state index is 11.3. The van der Waals surface area contributed by atoms with Crippen LogP contribution in [0.15, 0.2) is 35.2 Å². The number of primary sulfonamides is 1. The molecule has 0 radical (unpaired) electrons. The van der Waals surface area contributed by atoms with Crippen LogP contribution >= 0.6 is 0 Å². The van der Waals surface area contributed by atoms with Gasteiger partial charge in [-0.05, 0) is 30.5 Å². The Hall–Kier alpha value is -1.13. The zero-order chi connectivity index (χ0) is 11.5. The van der Waals surface area contributed by atoms with Crippen molar-refractivity contribution in [2.45, 2.75) is 25.2 Å². The van der Waals surface area contributed by atoms with Gasteiger partial charge in [0.05, 0.1) is 4.90 Å². The molecule has 4 heteroatoms. The second kappa shape index (κ2) is 4.59. The van der Waals surface area contributed by atoms with E-state index in [1.807, 2.05) is 26.0 Å². The molecule has 3 nitrogen and oxygen atoms in total. The first-order chi connectivity index (χ1) is 7.00. The molecule has 1 aromatic carbocycles. The lowest BCUT2D eigenvalue weighted by Crippen LogP contribution is -2.14. The smallest absolute Gasteiger partial charge is 0.225 e. The topological polar surface area (TPSA) is 60.2 Å². The third-order valence-electron chi connectivity index (χ3n) is 2.27. The van der Waals surface area contributed by atoms with Crippen LogP contribution in [0.2, 0.25) is 0 Å². The summed E-state index contributed by atoms with van der Waals surface area (Å²) in [5.41, 5.74) is 1.68. The largest absolute Gasteiger partial charge is 0.238 e. The summed E-state index contributed by atoms with van der Waals surface area (Å²) in [5.74, 6) is 0. The highest BCUT2D eigenvalue weighted by Crippen LogP contribution is 2.24. The standard InChI is InChI=1S/C11H15NO2S/c1-3-9(4-2)10-7-5-6-8-11(10)15(12,13)14/h3,5-8H,4H2,1-2H3,(H2,12,13,14)/b9-3-. The fourth-order valence-electron chi connectivity index (χ4n) is 1.53. The summed E-state index contributed by atoms with van der Waals surface area (Å²) < 4.78 is 22.7. The van der Waals surface area contributed by atoms with Gasteiger partial charge in [-0.25, -0.2) is 13.6 Å². The predicted octanol–water partition coefficient (Wildman–Crippen LogP) is 2.15. The Kier molecular flexibility index (Phi) is 3.66. The molecule has 1 rings (SSSR count). The van der Waals surface area contributed by atoms with E-state index in [0.717, 1.165) is 12.0 Å². The first kappa shape index (κ1) is 11.9. The maximum atomic E-state index is 11.3. The van der Waals surface area contributed by atoms with E-state index >= 15 is 0 Å². The number of sulfonamides is 1. The minimum Gasteiger partial charge on any atom is -0.225 e. The van der Waals surface area contributed by atoms with Gasteiger partial charge in [0, 0.05) is 0 Å². The SMILES string of the molecule is C/C=C(/CC)c1ccccc1S(N)(=O)=O. The van der Waals surface area contributed by atoms with Crippen LogP contribution in [0.25, 0.3) is 5.57 Å². The van der Waals surface area contributed by atoms with Crippen LogP contribution in [0.1, 0.15) is 25.8 Å². The molecule has 15 heavy (non-hydrogen) atoms. The van der Waals surface area contributed by atoms with E-state index in [1.165, 1.54) is 6.07 Å². The van der Waals surface area contributed by atoms with Crippen LogP contribution in [0.4, 0.5) is 0 Å². The number of nitrogens with two attached hydrogens (primary N) is 1. The molecule has 0 aliphatic heterocycles. The molecule has 0 saturated heterocycles. The number of rotatable bonds is 3. The van der Waals surface area contributed by atoms with E-state index in [1.54, 1.807) is 12.1 Å². The summed E-state index contributed by atoms with van der Waals surface area (Å²) in [6, 6.07) is 6.79. The Balaban J connectivity index is 3.43. The normalized spacial score (nSPS) is 12.9. The Labute approximate surface area is 90.7 Å². The Morgan fingerprint density at radius 2 is 2.00 bits per heavy atom. The predicted molar refractivity (Wildman–Crippen MR) is 61.8 cm³/mol. The van der Waals surface area contributed by atoms with Gasteiger partial charge in [0.15, 0.2) is 0 Å². The van der Waals surface area contributed by atoms with Gasteiger partial charge in [-0.15, -0.1) is 0 Å². The van der Waals surface area contributed by atoms with Crippen LogP contribution < -0.4 is 5.14 Å². The van der Waals surface area contributed by atoms with Gasteiger partial charge in [-0.3, -0.25) is 0 Å². The van der Waals surface area contributed by atoms with E-state index in [2.05, 4.69) is 0 Å². The molecule has 2 N–H and O–H groups in total. The van der Waals surface area contributed by atoms with Gasteiger partial charge < -0.3 is 0 Å². The van der Waals surface area contributed by atoms with E-state index in [4.69, 9.17) is 5.14 Å². The van der Waals surface area contributed by atoms with E-state index in [9.17, 15) is 8.42 Å². The average molecular weight is 225 g/mol.